The van der Waals surface area contributed by atoms with E-state index in [1.807, 2.05) is 24.3 Å². The summed E-state index contributed by atoms with van der Waals surface area (Å²) in [6.07, 6.45) is 3.78. The number of anilines is 2. The Morgan fingerprint density at radius 2 is 1.59 bits per heavy atom. The Morgan fingerprint density at radius 1 is 0.912 bits per heavy atom. The molecule has 0 aliphatic carbocycles. The van der Waals surface area contributed by atoms with E-state index in [1.54, 1.807) is 6.07 Å². The summed E-state index contributed by atoms with van der Waals surface area (Å²) in [7, 11) is -0.104. The van der Waals surface area contributed by atoms with Gasteiger partial charge < -0.3 is 19.9 Å². The van der Waals surface area contributed by atoms with Crippen molar-refractivity contribution >= 4 is 27.3 Å². The lowest BCUT2D eigenvalue weighted by molar-refractivity contribution is 0.102. The molecular formula is C25H34N4O4S. The number of nitrogens with zero attached hydrogens (tertiary/aromatic N) is 3. The van der Waals surface area contributed by atoms with Crippen molar-refractivity contribution in [2.45, 2.75) is 30.6 Å². The number of amides is 1. The zero-order chi connectivity index (χ0) is 24.1. The lowest BCUT2D eigenvalue weighted by atomic mass is 10.1. The van der Waals surface area contributed by atoms with Crippen LogP contribution in [0.4, 0.5) is 11.4 Å². The van der Waals surface area contributed by atoms with Gasteiger partial charge in [0.25, 0.3) is 5.91 Å². The largest absolute Gasteiger partial charge is 0.496 e. The van der Waals surface area contributed by atoms with E-state index in [2.05, 4.69) is 22.2 Å². The van der Waals surface area contributed by atoms with Crippen molar-refractivity contribution in [2.75, 3.05) is 63.6 Å². The molecule has 2 fully saturated rings. The van der Waals surface area contributed by atoms with Crippen LogP contribution < -0.4 is 15.0 Å². The molecule has 34 heavy (non-hydrogen) atoms. The van der Waals surface area contributed by atoms with Gasteiger partial charge in [-0.15, -0.1) is 0 Å². The number of piperazine rings is 1. The van der Waals surface area contributed by atoms with E-state index in [9.17, 15) is 13.2 Å². The Balaban J connectivity index is 1.60. The lowest BCUT2D eigenvalue weighted by Gasteiger charge is -2.35. The van der Waals surface area contributed by atoms with Crippen LogP contribution in [0, 0.1) is 0 Å². The monoisotopic (exact) mass is 486 g/mol. The number of benzene rings is 2. The lowest BCUT2D eigenvalue weighted by Crippen LogP contribution is -2.44. The maximum absolute atomic E-state index is 13.4. The Hall–Kier alpha value is -2.62. The molecule has 2 saturated heterocycles. The van der Waals surface area contributed by atoms with Crippen molar-refractivity contribution in [1.29, 1.82) is 0 Å². The molecule has 2 heterocycles. The minimum Gasteiger partial charge on any atom is -0.496 e. The Morgan fingerprint density at radius 3 is 2.26 bits per heavy atom. The highest BCUT2D eigenvalue weighted by atomic mass is 32.2. The van der Waals surface area contributed by atoms with Crippen LogP contribution in [0.15, 0.2) is 47.4 Å². The predicted molar refractivity (Wildman–Crippen MR) is 134 cm³/mol. The van der Waals surface area contributed by atoms with Gasteiger partial charge in [-0.2, -0.15) is 4.31 Å². The second-order valence-corrected chi connectivity index (χ2v) is 10.9. The summed E-state index contributed by atoms with van der Waals surface area (Å²) >= 11 is 0. The second kappa shape index (κ2) is 10.8. The third-order valence-electron chi connectivity index (χ3n) is 6.61. The molecule has 2 aromatic carbocycles. The number of nitrogens with one attached hydrogen (secondary N) is 1. The number of likely N-dealkylation sites (N-methyl/N-ethyl adjacent to an activating group) is 1. The minimum absolute atomic E-state index is 0.118. The molecular weight excluding hydrogens is 452 g/mol. The van der Waals surface area contributed by atoms with Gasteiger partial charge in [-0.3, -0.25) is 4.79 Å². The Bertz CT molecular complexity index is 1110. The van der Waals surface area contributed by atoms with E-state index in [0.29, 0.717) is 24.5 Å². The van der Waals surface area contributed by atoms with E-state index in [1.165, 1.54) is 23.5 Å². The Labute approximate surface area is 202 Å². The molecule has 1 N–H and O–H groups in total. The van der Waals surface area contributed by atoms with Crippen molar-refractivity contribution in [2.24, 2.45) is 0 Å². The van der Waals surface area contributed by atoms with Crippen molar-refractivity contribution in [1.82, 2.24) is 9.21 Å². The molecule has 184 valence electrons. The van der Waals surface area contributed by atoms with E-state index in [-0.39, 0.29) is 10.5 Å². The van der Waals surface area contributed by atoms with Crippen molar-refractivity contribution in [3.8, 4) is 5.75 Å². The van der Waals surface area contributed by atoms with Crippen LogP contribution in [0.1, 0.15) is 36.0 Å². The molecule has 2 aromatic rings. The van der Waals surface area contributed by atoms with Crippen molar-refractivity contribution in [3.63, 3.8) is 0 Å². The average Bonchev–Trinajstić information content (AvgIpc) is 3.15. The average molecular weight is 487 g/mol. The molecule has 0 atom stereocenters. The molecule has 0 saturated carbocycles. The summed E-state index contributed by atoms with van der Waals surface area (Å²) in [4.78, 5) is 18.0. The fourth-order valence-corrected chi connectivity index (χ4v) is 6.09. The molecule has 2 aliphatic heterocycles. The van der Waals surface area contributed by atoms with Gasteiger partial charge in [-0.05, 0) is 50.2 Å². The van der Waals surface area contributed by atoms with E-state index in [4.69, 9.17) is 4.74 Å². The van der Waals surface area contributed by atoms with Gasteiger partial charge in [0.05, 0.1) is 28.9 Å². The second-order valence-electron chi connectivity index (χ2n) is 8.94. The summed E-state index contributed by atoms with van der Waals surface area (Å²) in [6.45, 7) is 4.66. The first kappa shape index (κ1) is 24.5. The molecule has 0 aromatic heterocycles. The molecule has 4 rings (SSSR count). The van der Waals surface area contributed by atoms with E-state index in [0.717, 1.165) is 57.5 Å². The number of hydrogen-bond donors (Lipinski definition) is 1. The number of para-hydroxylation sites is 2. The third kappa shape index (κ3) is 5.37. The van der Waals surface area contributed by atoms with Crippen molar-refractivity contribution < 1.29 is 17.9 Å². The maximum Gasteiger partial charge on any atom is 0.259 e. The number of carbonyl (C=O) groups is 1. The first-order chi connectivity index (χ1) is 16.4. The zero-order valence-electron chi connectivity index (χ0n) is 20.0. The summed E-state index contributed by atoms with van der Waals surface area (Å²) < 4.78 is 33.5. The summed E-state index contributed by atoms with van der Waals surface area (Å²) in [5, 5.41) is 3.00. The highest BCUT2D eigenvalue weighted by molar-refractivity contribution is 7.89. The number of hydrogen-bond acceptors (Lipinski definition) is 6. The number of carbonyl (C=O) groups excluding carboxylic acids is 1. The first-order valence-corrected chi connectivity index (χ1v) is 13.4. The summed E-state index contributed by atoms with van der Waals surface area (Å²) in [6, 6.07) is 12.2. The predicted octanol–water partition coefficient (Wildman–Crippen LogP) is 3.26. The van der Waals surface area contributed by atoms with Crippen molar-refractivity contribution in [3.05, 3.63) is 48.0 Å². The fraction of sp³-hybridized carbons (Fsp3) is 0.480. The van der Waals surface area contributed by atoms with E-state index < -0.39 is 15.9 Å². The quantitative estimate of drug-likeness (QED) is 0.675. The van der Waals surface area contributed by atoms with Crippen LogP contribution in [-0.2, 0) is 10.0 Å². The molecule has 0 bridgehead atoms. The summed E-state index contributed by atoms with van der Waals surface area (Å²) in [5.74, 6) is -0.0595. The van der Waals surface area contributed by atoms with Crippen LogP contribution >= 0.6 is 0 Å². The number of rotatable bonds is 6. The highest BCUT2D eigenvalue weighted by Crippen LogP contribution is 2.30. The van der Waals surface area contributed by atoms with Gasteiger partial charge in [0.1, 0.15) is 5.75 Å². The summed E-state index contributed by atoms with van der Waals surface area (Å²) in [5.41, 5.74) is 1.85. The van der Waals surface area contributed by atoms with Crippen LogP contribution in [0.3, 0.4) is 0 Å². The van der Waals surface area contributed by atoms with Crippen LogP contribution in [0.2, 0.25) is 0 Å². The highest BCUT2D eigenvalue weighted by Gasteiger charge is 2.27. The topological polar surface area (TPSA) is 82.2 Å². The third-order valence-corrected chi connectivity index (χ3v) is 8.51. The molecule has 9 heteroatoms. The van der Waals surface area contributed by atoms with Crippen LogP contribution in [0.5, 0.6) is 5.75 Å². The molecule has 8 nitrogen and oxygen atoms in total. The molecule has 0 spiro atoms. The standard InChI is InChI=1S/C25H34N4O4S/c1-27-15-17-28(18-16-27)23-10-6-5-9-22(23)26-25(30)21-19-20(11-12-24(21)33-2)34(31,32)29-13-7-3-4-8-14-29/h5-6,9-12,19H,3-4,7-8,13-18H2,1-2H3,(H,26,30). The molecule has 0 unspecified atom stereocenters. The zero-order valence-corrected chi connectivity index (χ0v) is 20.8. The van der Waals surface area contributed by atoms with E-state index >= 15 is 0 Å². The van der Waals surface area contributed by atoms with Gasteiger partial charge in [-0.25, -0.2) is 8.42 Å². The SMILES string of the molecule is COc1ccc(S(=O)(=O)N2CCCCCC2)cc1C(=O)Nc1ccccc1N1CCN(C)CC1. The Kier molecular flexibility index (Phi) is 7.75. The van der Waals surface area contributed by atoms with Crippen LogP contribution in [0.25, 0.3) is 0 Å². The smallest absolute Gasteiger partial charge is 0.259 e. The fourth-order valence-electron chi connectivity index (χ4n) is 4.55. The number of sulfonamides is 1. The van der Waals surface area contributed by atoms with Gasteiger partial charge in [0.2, 0.25) is 10.0 Å². The normalized spacial score (nSPS) is 18.4. The van der Waals surface area contributed by atoms with Crippen LogP contribution in [-0.4, -0.2) is 77.0 Å². The minimum atomic E-state index is -3.68. The molecule has 2 aliphatic rings. The van der Waals surface area contributed by atoms with Gasteiger partial charge in [0, 0.05) is 39.3 Å². The molecule has 0 radical (unpaired) electrons. The molecule has 1 amide bonds. The maximum atomic E-state index is 13.4. The van der Waals surface area contributed by atoms with Gasteiger partial charge >= 0.3 is 0 Å². The van der Waals surface area contributed by atoms with Gasteiger partial charge in [-0.1, -0.05) is 25.0 Å². The number of methoxy groups -OCH3 is 1. The van der Waals surface area contributed by atoms with Gasteiger partial charge in [0.15, 0.2) is 0 Å². The first-order valence-electron chi connectivity index (χ1n) is 11.9. The number of ether oxygens (including phenoxy) is 1.